The normalized spacial score (nSPS) is 24.4. The van der Waals surface area contributed by atoms with E-state index in [2.05, 4.69) is 12.1 Å². The standard InChI is InChI=1S/C17H25NO2/c1-3-14(2)16(20)18-11-7-10-17(12-18,13-19)15-8-5-4-6-9-15/h4-6,8-9,14,19H,3,7,10-13H2,1-2H3/t14-,17+/m1/s1. The first-order valence-electron chi connectivity index (χ1n) is 7.58. The molecule has 2 rings (SSSR count). The number of likely N-dealkylation sites (tertiary alicyclic amines) is 1. The Labute approximate surface area is 121 Å². The van der Waals surface area contributed by atoms with Crippen LogP contribution in [0.15, 0.2) is 30.3 Å². The highest BCUT2D eigenvalue weighted by Gasteiger charge is 2.38. The molecule has 1 saturated heterocycles. The molecule has 0 aliphatic carbocycles. The Morgan fingerprint density at radius 3 is 2.70 bits per heavy atom. The number of carbonyl (C=O) groups excluding carboxylic acids is 1. The van der Waals surface area contributed by atoms with Gasteiger partial charge in [-0.25, -0.2) is 0 Å². The summed E-state index contributed by atoms with van der Waals surface area (Å²) in [5, 5.41) is 9.95. The lowest BCUT2D eigenvalue weighted by Crippen LogP contribution is -2.51. The van der Waals surface area contributed by atoms with Gasteiger partial charge in [-0.05, 0) is 24.8 Å². The van der Waals surface area contributed by atoms with Crippen molar-refractivity contribution in [1.29, 1.82) is 0 Å². The third kappa shape index (κ3) is 2.88. The fourth-order valence-electron chi connectivity index (χ4n) is 3.05. The third-order valence-electron chi connectivity index (χ3n) is 4.61. The van der Waals surface area contributed by atoms with Crippen molar-refractivity contribution in [2.45, 2.75) is 38.5 Å². The summed E-state index contributed by atoms with van der Waals surface area (Å²) in [5.41, 5.74) is 0.854. The van der Waals surface area contributed by atoms with E-state index in [0.29, 0.717) is 6.54 Å². The van der Waals surface area contributed by atoms with Gasteiger partial charge in [0.05, 0.1) is 6.61 Å². The Balaban J connectivity index is 2.21. The molecule has 0 spiro atoms. The molecule has 0 aromatic heterocycles. The van der Waals surface area contributed by atoms with E-state index in [1.165, 1.54) is 0 Å². The van der Waals surface area contributed by atoms with E-state index in [9.17, 15) is 9.90 Å². The van der Waals surface area contributed by atoms with E-state index in [4.69, 9.17) is 0 Å². The van der Waals surface area contributed by atoms with Crippen molar-refractivity contribution >= 4 is 5.91 Å². The highest BCUT2D eigenvalue weighted by atomic mass is 16.3. The summed E-state index contributed by atoms with van der Waals surface area (Å²) >= 11 is 0. The summed E-state index contributed by atoms with van der Waals surface area (Å²) in [5.74, 6) is 0.293. The zero-order valence-corrected chi connectivity index (χ0v) is 12.5. The van der Waals surface area contributed by atoms with Crippen molar-refractivity contribution in [2.24, 2.45) is 5.92 Å². The average molecular weight is 275 g/mol. The number of aliphatic hydroxyl groups excluding tert-OH is 1. The molecule has 1 heterocycles. The molecule has 1 N–H and O–H groups in total. The molecule has 1 aromatic carbocycles. The molecule has 2 atom stereocenters. The van der Waals surface area contributed by atoms with E-state index in [1.807, 2.05) is 36.9 Å². The average Bonchev–Trinajstić information content (AvgIpc) is 2.54. The van der Waals surface area contributed by atoms with Gasteiger partial charge in [-0.1, -0.05) is 44.2 Å². The topological polar surface area (TPSA) is 40.5 Å². The van der Waals surface area contributed by atoms with E-state index >= 15 is 0 Å². The Bertz CT molecular complexity index is 446. The van der Waals surface area contributed by atoms with Gasteiger partial charge in [0.25, 0.3) is 0 Å². The van der Waals surface area contributed by atoms with Gasteiger partial charge in [0.2, 0.25) is 5.91 Å². The first-order chi connectivity index (χ1) is 9.63. The molecule has 1 aliphatic heterocycles. The fourth-order valence-corrected chi connectivity index (χ4v) is 3.05. The predicted octanol–water partition coefficient (Wildman–Crippen LogP) is 2.59. The van der Waals surface area contributed by atoms with Crippen molar-refractivity contribution in [3.05, 3.63) is 35.9 Å². The molecule has 1 amide bonds. The number of rotatable bonds is 4. The van der Waals surface area contributed by atoms with Crippen LogP contribution in [0.5, 0.6) is 0 Å². The second-order valence-electron chi connectivity index (χ2n) is 5.98. The Morgan fingerprint density at radius 1 is 1.40 bits per heavy atom. The van der Waals surface area contributed by atoms with Gasteiger partial charge in [-0.15, -0.1) is 0 Å². The number of hydrogen-bond acceptors (Lipinski definition) is 2. The Morgan fingerprint density at radius 2 is 2.10 bits per heavy atom. The van der Waals surface area contributed by atoms with Crippen LogP contribution in [0.4, 0.5) is 0 Å². The third-order valence-corrected chi connectivity index (χ3v) is 4.61. The summed E-state index contributed by atoms with van der Waals surface area (Å²) in [6, 6.07) is 10.1. The molecule has 0 bridgehead atoms. The molecule has 1 aromatic rings. The summed E-state index contributed by atoms with van der Waals surface area (Å²) in [6.07, 6.45) is 2.77. The molecule has 0 unspecified atom stereocenters. The minimum atomic E-state index is -0.289. The molecule has 1 aliphatic rings. The quantitative estimate of drug-likeness (QED) is 0.917. The van der Waals surface area contributed by atoms with Gasteiger partial charge in [0.1, 0.15) is 0 Å². The van der Waals surface area contributed by atoms with E-state index in [1.54, 1.807) is 0 Å². The molecule has 0 saturated carbocycles. The van der Waals surface area contributed by atoms with Crippen LogP contribution < -0.4 is 0 Å². The van der Waals surface area contributed by atoms with Gasteiger partial charge < -0.3 is 10.0 Å². The van der Waals surface area contributed by atoms with Crippen molar-refractivity contribution < 1.29 is 9.90 Å². The summed E-state index contributed by atoms with van der Waals surface area (Å²) in [7, 11) is 0. The fraction of sp³-hybridized carbons (Fsp3) is 0.588. The molecule has 3 heteroatoms. The molecule has 110 valence electrons. The maximum Gasteiger partial charge on any atom is 0.225 e. The van der Waals surface area contributed by atoms with Gasteiger partial charge in [-0.3, -0.25) is 4.79 Å². The van der Waals surface area contributed by atoms with Crippen LogP contribution in [-0.4, -0.2) is 35.6 Å². The number of piperidine rings is 1. The van der Waals surface area contributed by atoms with Crippen LogP contribution in [0.25, 0.3) is 0 Å². The number of amides is 1. The van der Waals surface area contributed by atoms with Crippen LogP contribution in [0.3, 0.4) is 0 Å². The molecule has 1 fully saturated rings. The zero-order chi connectivity index (χ0) is 14.6. The zero-order valence-electron chi connectivity index (χ0n) is 12.5. The van der Waals surface area contributed by atoms with Gasteiger partial charge >= 0.3 is 0 Å². The first-order valence-corrected chi connectivity index (χ1v) is 7.58. The number of hydrogen-bond donors (Lipinski definition) is 1. The van der Waals surface area contributed by atoms with E-state index < -0.39 is 0 Å². The lowest BCUT2D eigenvalue weighted by Gasteiger charge is -2.43. The van der Waals surface area contributed by atoms with Gasteiger partial charge in [0.15, 0.2) is 0 Å². The minimum Gasteiger partial charge on any atom is -0.395 e. The SMILES string of the molecule is CC[C@@H](C)C(=O)N1CCC[C@](CO)(c2ccccc2)C1. The predicted molar refractivity (Wildman–Crippen MR) is 80.5 cm³/mol. The van der Waals surface area contributed by atoms with Crippen LogP contribution in [0.1, 0.15) is 38.7 Å². The molecule has 20 heavy (non-hydrogen) atoms. The minimum absolute atomic E-state index is 0.0697. The first kappa shape index (κ1) is 15.0. The lowest BCUT2D eigenvalue weighted by atomic mass is 9.74. The second kappa shape index (κ2) is 6.40. The Kier molecular flexibility index (Phi) is 4.81. The lowest BCUT2D eigenvalue weighted by molar-refractivity contribution is -0.137. The van der Waals surface area contributed by atoms with Crippen molar-refractivity contribution in [2.75, 3.05) is 19.7 Å². The maximum absolute atomic E-state index is 12.4. The second-order valence-corrected chi connectivity index (χ2v) is 5.98. The monoisotopic (exact) mass is 275 g/mol. The molecule has 3 nitrogen and oxygen atoms in total. The van der Waals surface area contributed by atoms with Crippen LogP contribution >= 0.6 is 0 Å². The maximum atomic E-state index is 12.4. The summed E-state index contributed by atoms with van der Waals surface area (Å²) in [6.45, 7) is 5.58. The highest BCUT2D eigenvalue weighted by Crippen LogP contribution is 2.34. The van der Waals surface area contributed by atoms with Crippen LogP contribution in [0.2, 0.25) is 0 Å². The summed E-state index contributed by atoms with van der Waals surface area (Å²) < 4.78 is 0. The molecule has 0 radical (unpaired) electrons. The van der Waals surface area contributed by atoms with Gasteiger partial charge in [-0.2, -0.15) is 0 Å². The van der Waals surface area contributed by atoms with E-state index in [0.717, 1.165) is 31.4 Å². The molecular weight excluding hydrogens is 250 g/mol. The highest BCUT2D eigenvalue weighted by molar-refractivity contribution is 5.78. The number of benzene rings is 1. The van der Waals surface area contributed by atoms with Crippen molar-refractivity contribution in [3.8, 4) is 0 Å². The van der Waals surface area contributed by atoms with Gasteiger partial charge in [0, 0.05) is 24.4 Å². The number of carbonyl (C=O) groups is 1. The summed E-state index contributed by atoms with van der Waals surface area (Å²) in [4.78, 5) is 14.4. The van der Waals surface area contributed by atoms with E-state index in [-0.39, 0.29) is 23.8 Å². The number of aliphatic hydroxyl groups is 1. The van der Waals surface area contributed by atoms with Crippen molar-refractivity contribution in [3.63, 3.8) is 0 Å². The Hall–Kier alpha value is -1.35. The smallest absolute Gasteiger partial charge is 0.225 e. The van der Waals surface area contributed by atoms with Crippen LogP contribution in [-0.2, 0) is 10.2 Å². The van der Waals surface area contributed by atoms with Crippen LogP contribution in [0, 0.1) is 5.92 Å². The molecular formula is C17H25NO2. The van der Waals surface area contributed by atoms with Crippen molar-refractivity contribution in [1.82, 2.24) is 4.90 Å². The largest absolute Gasteiger partial charge is 0.395 e. The number of nitrogens with zero attached hydrogens (tertiary/aromatic N) is 1.